The minimum absolute atomic E-state index is 0.134. The summed E-state index contributed by atoms with van der Waals surface area (Å²) in [4.78, 5) is 22.7. The summed E-state index contributed by atoms with van der Waals surface area (Å²) >= 11 is 0. The second-order valence-corrected chi connectivity index (χ2v) is 5.51. The fraction of sp³-hybridized carbons (Fsp3) is 0.429. The Bertz CT molecular complexity index is 461. The number of nitrogens with two attached hydrogens (primary N) is 1. The maximum atomic E-state index is 12.0. The molecule has 1 amide bonds. The molecular formula is C14H20N2O3. The third-order valence-corrected chi connectivity index (χ3v) is 2.98. The quantitative estimate of drug-likeness (QED) is 0.768. The van der Waals surface area contributed by atoms with Crippen LogP contribution >= 0.6 is 0 Å². The van der Waals surface area contributed by atoms with Crippen molar-refractivity contribution in [3.05, 3.63) is 35.4 Å². The van der Waals surface area contributed by atoms with E-state index in [9.17, 15) is 9.59 Å². The van der Waals surface area contributed by atoms with Crippen molar-refractivity contribution in [2.75, 3.05) is 6.54 Å². The highest BCUT2D eigenvalue weighted by Crippen LogP contribution is 2.18. The molecule has 0 aromatic heterocycles. The molecule has 0 saturated heterocycles. The van der Waals surface area contributed by atoms with Crippen molar-refractivity contribution >= 4 is 11.9 Å². The van der Waals surface area contributed by atoms with Gasteiger partial charge in [0, 0.05) is 18.2 Å². The van der Waals surface area contributed by atoms with Gasteiger partial charge in [-0.15, -0.1) is 0 Å². The Balaban J connectivity index is 2.80. The zero-order chi connectivity index (χ0) is 14.6. The lowest BCUT2D eigenvalue weighted by atomic mass is 9.86. The van der Waals surface area contributed by atoms with E-state index < -0.39 is 5.97 Å². The molecule has 0 radical (unpaired) electrons. The fourth-order valence-electron chi connectivity index (χ4n) is 1.63. The molecule has 0 spiro atoms. The van der Waals surface area contributed by atoms with Crippen molar-refractivity contribution < 1.29 is 14.7 Å². The average molecular weight is 264 g/mol. The summed E-state index contributed by atoms with van der Waals surface area (Å²) in [6, 6.07) is 5.67. The number of carboxylic acids is 1. The number of aromatic carboxylic acids is 1. The van der Waals surface area contributed by atoms with Crippen LogP contribution in [0.25, 0.3) is 0 Å². The van der Waals surface area contributed by atoms with E-state index in [4.69, 9.17) is 10.8 Å². The van der Waals surface area contributed by atoms with Crippen LogP contribution < -0.4 is 11.1 Å². The van der Waals surface area contributed by atoms with E-state index in [-0.39, 0.29) is 22.9 Å². The molecule has 1 unspecified atom stereocenters. The number of hydrogen-bond acceptors (Lipinski definition) is 3. The lowest BCUT2D eigenvalue weighted by Gasteiger charge is -2.30. The first-order valence-electron chi connectivity index (χ1n) is 6.10. The molecule has 0 aliphatic carbocycles. The third kappa shape index (κ3) is 4.06. The highest BCUT2D eigenvalue weighted by molar-refractivity contribution is 5.96. The largest absolute Gasteiger partial charge is 0.478 e. The number of nitrogens with one attached hydrogen (secondary N) is 1. The summed E-state index contributed by atoms with van der Waals surface area (Å²) in [6.45, 7) is 6.34. The highest BCUT2D eigenvalue weighted by atomic mass is 16.4. The van der Waals surface area contributed by atoms with Gasteiger partial charge in [0.05, 0.1) is 5.56 Å². The summed E-state index contributed by atoms with van der Waals surface area (Å²) in [7, 11) is 0. The van der Waals surface area contributed by atoms with Crippen molar-refractivity contribution in [3.8, 4) is 0 Å². The summed E-state index contributed by atoms with van der Waals surface area (Å²) in [5.74, 6) is -1.26. The Hall–Kier alpha value is -1.88. The van der Waals surface area contributed by atoms with Gasteiger partial charge in [-0.3, -0.25) is 4.79 Å². The topological polar surface area (TPSA) is 92.4 Å². The number of hydrogen-bond donors (Lipinski definition) is 3. The van der Waals surface area contributed by atoms with E-state index in [2.05, 4.69) is 5.32 Å². The van der Waals surface area contributed by atoms with Crippen LogP contribution in [0.4, 0.5) is 0 Å². The van der Waals surface area contributed by atoms with Crippen LogP contribution in [0.3, 0.4) is 0 Å². The average Bonchev–Trinajstić information content (AvgIpc) is 2.34. The number of rotatable bonds is 4. The van der Waals surface area contributed by atoms with Gasteiger partial charge < -0.3 is 16.2 Å². The van der Waals surface area contributed by atoms with E-state index in [0.29, 0.717) is 12.1 Å². The second kappa shape index (κ2) is 5.84. The van der Waals surface area contributed by atoms with Crippen LogP contribution in [0.15, 0.2) is 24.3 Å². The number of amides is 1. The van der Waals surface area contributed by atoms with Gasteiger partial charge in [0.15, 0.2) is 0 Å². The minimum atomic E-state index is -1.01. The minimum Gasteiger partial charge on any atom is -0.478 e. The standard InChI is InChI=1S/C14H20N2O3/c1-14(2,3)11(8-15)16-12(17)9-4-6-10(7-5-9)13(18)19/h4-7,11H,8,15H2,1-3H3,(H,16,17)(H,18,19). The van der Waals surface area contributed by atoms with Crippen molar-refractivity contribution in [2.24, 2.45) is 11.1 Å². The van der Waals surface area contributed by atoms with Crippen molar-refractivity contribution in [1.29, 1.82) is 0 Å². The van der Waals surface area contributed by atoms with Gasteiger partial charge in [-0.25, -0.2) is 4.79 Å². The van der Waals surface area contributed by atoms with Gasteiger partial charge >= 0.3 is 5.97 Å². The molecule has 5 heteroatoms. The molecule has 1 rings (SSSR count). The van der Waals surface area contributed by atoms with Crippen LogP contribution in [-0.2, 0) is 0 Å². The Labute approximate surface area is 112 Å². The summed E-state index contributed by atoms with van der Waals surface area (Å²) in [5.41, 5.74) is 6.10. The summed E-state index contributed by atoms with van der Waals surface area (Å²) in [5, 5.41) is 11.6. The molecule has 19 heavy (non-hydrogen) atoms. The van der Waals surface area contributed by atoms with Gasteiger partial charge in [-0.05, 0) is 29.7 Å². The van der Waals surface area contributed by atoms with Crippen LogP contribution in [-0.4, -0.2) is 29.6 Å². The number of benzene rings is 1. The molecule has 1 atom stereocenters. The van der Waals surface area contributed by atoms with Gasteiger partial charge in [-0.1, -0.05) is 20.8 Å². The smallest absolute Gasteiger partial charge is 0.335 e. The zero-order valence-corrected chi connectivity index (χ0v) is 11.4. The summed E-state index contributed by atoms with van der Waals surface area (Å²) < 4.78 is 0. The highest BCUT2D eigenvalue weighted by Gasteiger charge is 2.25. The number of carbonyl (C=O) groups excluding carboxylic acids is 1. The first-order chi connectivity index (χ1) is 8.75. The molecule has 1 aromatic carbocycles. The monoisotopic (exact) mass is 264 g/mol. The van der Waals surface area contributed by atoms with E-state index in [1.165, 1.54) is 24.3 Å². The lowest BCUT2D eigenvalue weighted by Crippen LogP contribution is -2.48. The number of carbonyl (C=O) groups is 2. The van der Waals surface area contributed by atoms with Gasteiger partial charge in [0.25, 0.3) is 5.91 Å². The Morgan fingerprint density at radius 3 is 2.05 bits per heavy atom. The first kappa shape index (κ1) is 15.2. The molecular weight excluding hydrogens is 244 g/mol. The zero-order valence-electron chi connectivity index (χ0n) is 11.4. The molecule has 0 saturated carbocycles. The second-order valence-electron chi connectivity index (χ2n) is 5.51. The van der Waals surface area contributed by atoms with Crippen molar-refractivity contribution in [3.63, 3.8) is 0 Å². The first-order valence-corrected chi connectivity index (χ1v) is 6.10. The molecule has 0 aliphatic heterocycles. The molecule has 104 valence electrons. The van der Waals surface area contributed by atoms with Gasteiger partial charge in [0.2, 0.25) is 0 Å². The number of carboxylic acid groups (broad SMARTS) is 1. The lowest BCUT2D eigenvalue weighted by molar-refractivity contribution is 0.0696. The maximum Gasteiger partial charge on any atom is 0.335 e. The third-order valence-electron chi connectivity index (χ3n) is 2.98. The predicted octanol–water partition coefficient (Wildman–Crippen LogP) is 1.49. The van der Waals surface area contributed by atoms with Crippen LogP contribution in [0.1, 0.15) is 41.5 Å². The molecule has 1 aromatic rings. The van der Waals surface area contributed by atoms with Crippen molar-refractivity contribution in [1.82, 2.24) is 5.32 Å². The van der Waals surface area contributed by atoms with Crippen LogP contribution in [0, 0.1) is 5.41 Å². The predicted molar refractivity (Wildman–Crippen MR) is 73.2 cm³/mol. The Kier molecular flexibility index (Phi) is 4.67. The van der Waals surface area contributed by atoms with E-state index in [1.807, 2.05) is 20.8 Å². The SMILES string of the molecule is CC(C)(C)C(CN)NC(=O)c1ccc(C(=O)O)cc1. The van der Waals surface area contributed by atoms with E-state index in [0.717, 1.165) is 0 Å². The Morgan fingerprint density at radius 2 is 1.68 bits per heavy atom. The fourth-order valence-corrected chi connectivity index (χ4v) is 1.63. The van der Waals surface area contributed by atoms with Crippen LogP contribution in [0.2, 0.25) is 0 Å². The summed E-state index contributed by atoms with van der Waals surface area (Å²) in [6.07, 6.45) is 0. The normalized spacial score (nSPS) is 12.8. The van der Waals surface area contributed by atoms with Crippen molar-refractivity contribution in [2.45, 2.75) is 26.8 Å². The molecule has 0 aliphatic rings. The van der Waals surface area contributed by atoms with Gasteiger partial charge in [-0.2, -0.15) is 0 Å². The molecule has 4 N–H and O–H groups in total. The molecule has 0 heterocycles. The van der Waals surface area contributed by atoms with Crippen LogP contribution in [0.5, 0.6) is 0 Å². The molecule has 5 nitrogen and oxygen atoms in total. The molecule has 0 fully saturated rings. The van der Waals surface area contributed by atoms with E-state index in [1.54, 1.807) is 0 Å². The van der Waals surface area contributed by atoms with Gasteiger partial charge in [0.1, 0.15) is 0 Å². The molecule has 0 bridgehead atoms. The van der Waals surface area contributed by atoms with E-state index >= 15 is 0 Å². The Morgan fingerprint density at radius 1 is 1.21 bits per heavy atom. The maximum absolute atomic E-state index is 12.0.